The molecule has 1 aliphatic rings. The molecule has 1 aromatic rings. The average Bonchev–Trinajstić information content (AvgIpc) is 2.85. The SMILES string of the molecule is OC(c1c(Cl)ccnc1F)C1CC1. The number of rotatable bonds is 2. The predicted molar refractivity (Wildman–Crippen MR) is 46.9 cm³/mol. The lowest BCUT2D eigenvalue weighted by atomic mass is 10.1. The van der Waals surface area contributed by atoms with Crippen LogP contribution in [0.2, 0.25) is 5.02 Å². The summed E-state index contributed by atoms with van der Waals surface area (Å²) in [7, 11) is 0. The lowest BCUT2D eigenvalue weighted by molar-refractivity contribution is 0.148. The molecule has 0 aromatic carbocycles. The summed E-state index contributed by atoms with van der Waals surface area (Å²) in [6, 6.07) is 1.49. The minimum absolute atomic E-state index is 0.145. The number of hydrogen-bond acceptors (Lipinski definition) is 2. The molecule has 1 aromatic heterocycles. The molecular formula is C9H9ClFNO. The lowest BCUT2D eigenvalue weighted by Gasteiger charge is -2.11. The molecule has 1 aliphatic carbocycles. The molecule has 1 atom stereocenters. The van der Waals surface area contributed by atoms with Crippen LogP contribution < -0.4 is 0 Å². The fourth-order valence-corrected chi connectivity index (χ4v) is 1.58. The molecule has 70 valence electrons. The minimum Gasteiger partial charge on any atom is -0.388 e. The predicted octanol–water partition coefficient (Wildman–Crippen LogP) is 2.32. The fraction of sp³-hybridized carbons (Fsp3) is 0.444. The number of pyridine rings is 1. The highest BCUT2D eigenvalue weighted by Crippen LogP contribution is 2.43. The number of hydrogen-bond donors (Lipinski definition) is 1. The van der Waals surface area contributed by atoms with Gasteiger partial charge in [0.2, 0.25) is 5.95 Å². The Hall–Kier alpha value is -0.670. The van der Waals surface area contributed by atoms with Gasteiger partial charge in [-0.05, 0) is 24.8 Å². The second-order valence-corrected chi connectivity index (χ2v) is 3.69. The van der Waals surface area contributed by atoms with Gasteiger partial charge in [-0.2, -0.15) is 4.39 Å². The Bertz CT molecular complexity index is 307. The molecule has 1 fully saturated rings. The third-order valence-corrected chi connectivity index (χ3v) is 2.58. The summed E-state index contributed by atoms with van der Waals surface area (Å²) in [6.07, 6.45) is 2.37. The first-order valence-electron chi connectivity index (χ1n) is 4.18. The van der Waals surface area contributed by atoms with E-state index >= 15 is 0 Å². The van der Waals surface area contributed by atoms with Crippen molar-refractivity contribution in [2.45, 2.75) is 18.9 Å². The van der Waals surface area contributed by atoms with Gasteiger partial charge < -0.3 is 5.11 Å². The number of halogens is 2. The van der Waals surface area contributed by atoms with Gasteiger partial charge in [0.15, 0.2) is 0 Å². The first kappa shape index (κ1) is 8.91. The molecule has 0 spiro atoms. The van der Waals surface area contributed by atoms with E-state index in [0.717, 1.165) is 12.8 Å². The molecule has 0 bridgehead atoms. The van der Waals surface area contributed by atoms with Gasteiger partial charge in [-0.1, -0.05) is 11.6 Å². The van der Waals surface area contributed by atoms with Crippen LogP contribution in [-0.2, 0) is 0 Å². The van der Waals surface area contributed by atoms with Crippen molar-refractivity contribution in [1.29, 1.82) is 0 Å². The first-order valence-corrected chi connectivity index (χ1v) is 4.56. The Morgan fingerprint density at radius 1 is 1.62 bits per heavy atom. The summed E-state index contributed by atoms with van der Waals surface area (Å²) in [4.78, 5) is 3.46. The van der Waals surface area contributed by atoms with E-state index in [1.54, 1.807) is 0 Å². The van der Waals surface area contributed by atoms with Crippen molar-refractivity contribution in [2.24, 2.45) is 5.92 Å². The molecule has 0 saturated heterocycles. The van der Waals surface area contributed by atoms with Crippen molar-refractivity contribution >= 4 is 11.6 Å². The molecule has 1 saturated carbocycles. The average molecular weight is 202 g/mol. The van der Waals surface area contributed by atoms with Crippen molar-refractivity contribution in [3.8, 4) is 0 Å². The Morgan fingerprint density at radius 2 is 2.31 bits per heavy atom. The number of nitrogens with zero attached hydrogens (tertiary/aromatic N) is 1. The zero-order valence-electron chi connectivity index (χ0n) is 6.87. The van der Waals surface area contributed by atoms with Gasteiger partial charge in [0.25, 0.3) is 0 Å². The molecular weight excluding hydrogens is 193 g/mol. The minimum atomic E-state index is -0.791. The van der Waals surface area contributed by atoms with Crippen LogP contribution in [0.15, 0.2) is 12.3 Å². The largest absolute Gasteiger partial charge is 0.388 e. The van der Waals surface area contributed by atoms with E-state index in [-0.39, 0.29) is 16.5 Å². The zero-order valence-corrected chi connectivity index (χ0v) is 7.63. The monoisotopic (exact) mass is 201 g/mol. The Balaban J connectivity index is 2.36. The van der Waals surface area contributed by atoms with E-state index in [1.807, 2.05) is 0 Å². The normalized spacial score (nSPS) is 18.7. The van der Waals surface area contributed by atoms with Crippen LogP contribution in [-0.4, -0.2) is 10.1 Å². The van der Waals surface area contributed by atoms with E-state index < -0.39 is 12.1 Å². The highest BCUT2D eigenvalue weighted by Gasteiger charge is 2.33. The molecule has 2 nitrogen and oxygen atoms in total. The number of aliphatic hydroxyl groups excluding tert-OH is 1. The van der Waals surface area contributed by atoms with Crippen LogP contribution in [0.25, 0.3) is 0 Å². The highest BCUT2D eigenvalue weighted by atomic mass is 35.5. The van der Waals surface area contributed by atoms with Crippen molar-refractivity contribution in [3.05, 3.63) is 28.8 Å². The molecule has 4 heteroatoms. The summed E-state index contributed by atoms with van der Waals surface area (Å²) in [5.41, 5.74) is 0.145. The molecule has 0 amide bonds. The van der Waals surface area contributed by atoms with Gasteiger partial charge in [-0.25, -0.2) is 4.98 Å². The smallest absolute Gasteiger partial charge is 0.220 e. The van der Waals surface area contributed by atoms with Crippen LogP contribution >= 0.6 is 11.6 Å². The molecule has 0 radical (unpaired) electrons. The maximum Gasteiger partial charge on any atom is 0.220 e. The summed E-state index contributed by atoms with van der Waals surface area (Å²) in [5, 5.41) is 9.91. The third-order valence-electron chi connectivity index (χ3n) is 2.25. The molecule has 2 rings (SSSR count). The van der Waals surface area contributed by atoms with Gasteiger partial charge in [0, 0.05) is 6.20 Å². The second-order valence-electron chi connectivity index (χ2n) is 3.28. The van der Waals surface area contributed by atoms with Crippen molar-refractivity contribution in [1.82, 2.24) is 4.98 Å². The van der Waals surface area contributed by atoms with E-state index in [4.69, 9.17) is 11.6 Å². The maximum absolute atomic E-state index is 13.1. The van der Waals surface area contributed by atoms with E-state index in [2.05, 4.69) is 4.98 Å². The highest BCUT2D eigenvalue weighted by molar-refractivity contribution is 6.31. The summed E-state index contributed by atoms with van der Waals surface area (Å²) < 4.78 is 13.1. The first-order chi connectivity index (χ1) is 6.20. The maximum atomic E-state index is 13.1. The topological polar surface area (TPSA) is 33.1 Å². The molecule has 0 aliphatic heterocycles. The molecule has 1 unspecified atom stereocenters. The fourth-order valence-electron chi connectivity index (χ4n) is 1.34. The van der Waals surface area contributed by atoms with Crippen LogP contribution in [0.4, 0.5) is 4.39 Å². The standard InChI is InChI=1S/C9H9ClFNO/c10-6-3-4-12-9(11)7(6)8(13)5-1-2-5/h3-5,8,13H,1-2H2. The Kier molecular flexibility index (Phi) is 2.22. The third kappa shape index (κ3) is 1.67. The summed E-state index contributed by atoms with van der Waals surface area (Å²) in [5.74, 6) is -0.497. The van der Waals surface area contributed by atoms with Crippen LogP contribution in [0, 0.1) is 11.9 Å². The van der Waals surface area contributed by atoms with Crippen molar-refractivity contribution < 1.29 is 9.50 Å². The molecule has 1 N–H and O–H groups in total. The van der Waals surface area contributed by atoms with Crippen molar-refractivity contribution in [2.75, 3.05) is 0 Å². The van der Waals surface area contributed by atoms with Crippen LogP contribution in [0.3, 0.4) is 0 Å². The van der Waals surface area contributed by atoms with Gasteiger partial charge in [-0.15, -0.1) is 0 Å². The van der Waals surface area contributed by atoms with Gasteiger partial charge >= 0.3 is 0 Å². The van der Waals surface area contributed by atoms with Gasteiger partial charge in [0.1, 0.15) is 0 Å². The summed E-state index contributed by atoms with van der Waals surface area (Å²) in [6.45, 7) is 0. The second kappa shape index (κ2) is 3.24. The Labute approximate surface area is 80.4 Å². The van der Waals surface area contributed by atoms with E-state index in [9.17, 15) is 9.50 Å². The van der Waals surface area contributed by atoms with Crippen LogP contribution in [0.5, 0.6) is 0 Å². The van der Waals surface area contributed by atoms with Gasteiger partial charge in [-0.3, -0.25) is 0 Å². The van der Waals surface area contributed by atoms with Gasteiger partial charge in [0.05, 0.1) is 16.7 Å². The number of aliphatic hydroxyl groups is 1. The quantitative estimate of drug-likeness (QED) is 0.745. The van der Waals surface area contributed by atoms with Crippen LogP contribution in [0.1, 0.15) is 24.5 Å². The molecule has 13 heavy (non-hydrogen) atoms. The van der Waals surface area contributed by atoms with E-state index in [0.29, 0.717) is 0 Å². The Morgan fingerprint density at radius 3 is 2.85 bits per heavy atom. The molecule has 1 heterocycles. The summed E-state index contributed by atoms with van der Waals surface area (Å²) >= 11 is 5.76. The van der Waals surface area contributed by atoms with E-state index in [1.165, 1.54) is 12.3 Å². The zero-order chi connectivity index (χ0) is 9.42. The lowest BCUT2D eigenvalue weighted by Crippen LogP contribution is -2.05. The van der Waals surface area contributed by atoms with Crippen molar-refractivity contribution in [3.63, 3.8) is 0 Å². The number of aromatic nitrogens is 1.